The SMILES string of the molecule is C=C1OC1=O.Cc1cccc(C(=O)Oc2ccccc2)c1. The molecule has 1 heterocycles. The van der Waals surface area contributed by atoms with Gasteiger partial charge in [0.25, 0.3) is 0 Å². The molecule has 1 saturated heterocycles. The fraction of sp³-hybridized carbons (Fsp3) is 0.0588. The van der Waals surface area contributed by atoms with Gasteiger partial charge >= 0.3 is 11.9 Å². The third-order valence-electron chi connectivity index (χ3n) is 2.61. The van der Waals surface area contributed by atoms with E-state index in [1.54, 1.807) is 18.2 Å². The maximum Gasteiger partial charge on any atom is 0.379 e. The Morgan fingerprint density at radius 3 is 2.24 bits per heavy atom. The Balaban J connectivity index is 0.000000272. The zero-order valence-electron chi connectivity index (χ0n) is 11.5. The Hall–Kier alpha value is -2.88. The van der Waals surface area contributed by atoms with Gasteiger partial charge in [0.15, 0.2) is 0 Å². The molecule has 0 radical (unpaired) electrons. The van der Waals surface area contributed by atoms with Gasteiger partial charge in [-0.1, -0.05) is 35.9 Å². The van der Waals surface area contributed by atoms with Crippen LogP contribution in [0.15, 0.2) is 66.9 Å². The summed E-state index contributed by atoms with van der Waals surface area (Å²) in [4.78, 5) is 21.3. The molecule has 0 spiro atoms. The number of benzene rings is 2. The molecule has 0 unspecified atom stereocenters. The van der Waals surface area contributed by atoms with E-state index >= 15 is 0 Å². The molecule has 4 heteroatoms. The maximum atomic E-state index is 11.7. The standard InChI is InChI=1S/C14H12O2.C3H2O2/c1-11-6-5-7-12(10-11)14(15)16-13-8-3-2-4-9-13;1-2-3(4)5-2/h2-10H,1H3;1H2. The average molecular weight is 282 g/mol. The number of carbonyl (C=O) groups excluding carboxylic acids is 2. The summed E-state index contributed by atoms with van der Waals surface area (Å²) in [5, 5.41) is 0. The van der Waals surface area contributed by atoms with E-state index in [4.69, 9.17) is 4.74 Å². The Morgan fingerprint density at radius 2 is 1.71 bits per heavy atom. The minimum Gasteiger partial charge on any atom is -0.423 e. The molecule has 0 aliphatic carbocycles. The number of esters is 1. The maximum absolute atomic E-state index is 11.7. The summed E-state index contributed by atoms with van der Waals surface area (Å²) in [5.74, 6) is 0.249. The first-order valence-corrected chi connectivity index (χ1v) is 6.31. The molecule has 0 N–H and O–H groups in total. The van der Waals surface area contributed by atoms with Crippen molar-refractivity contribution >= 4 is 11.9 Å². The van der Waals surface area contributed by atoms with Crippen LogP contribution in [0, 0.1) is 6.92 Å². The van der Waals surface area contributed by atoms with Crippen molar-refractivity contribution in [3.63, 3.8) is 0 Å². The van der Waals surface area contributed by atoms with Crippen LogP contribution in [-0.2, 0) is 9.53 Å². The third kappa shape index (κ3) is 4.62. The molecule has 1 fully saturated rings. The van der Waals surface area contributed by atoms with E-state index < -0.39 is 0 Å². The fourth-order valence-corrected chi connectivity index (χ4v) is 1.51. The van der Waals surface area contributed by atoms with E-state index in [9.17, 15) is 9.59 Å². The van der Waals surface area contributed by atoms with Crippen LogP contribution < -0.4 is 4.74 Å². The van der Waals surface area contributed by atoms with Crippen molar-refractivity contribution in [1.82, 2.24) is 0 Å². The summed E-state index contributed by atoms with van der Waals surface area (Å²) in [6.07, 6.45) is 0. The normalized spacial score (nSPS) is 11.9. The van der Waals surface area contributed by atoms with E-state index in [-0.39, 0.29) is 17.7 Å². The average Bonchev–Trinajstić information content (AvgIpc) is 3.13. The number of rotatable bonds is 2. The van der Waals surface area contributed by atoms with Crippen LogP contribution in [0.4, 0.5) is 0 Å². The number of epoxide rings is 1. The number of para-hydroxylation sites is 1. The molecule has 0 saturated carbocycles. The second-order valence-corrected chi connectivity index (χ2v) is 4.38. The van der Waals surface area contributed by atoms with Gasteiger partial charge in [-0.05, 0) is 37.8 Å². The minimum absolute atomic E-state index is 0.273. The molecular weight excluding hydrogens is 268 g/mol. The largest absolute Gasteiger partial charge is 0.423 e. The molecule has 0 amide bonds. The molecule has 2 aromatic rings. The summed E-state index contributed by atoms with van der Waals surface area (Å²) >= 11 is 0. The molecule has 0 atom stereocenters. The molecule has 3 rings (SSSR count). The number of hydrogen-bond acceptors (Lipinski definition) is 4. The van der Waals surface area contributed by atoms with E-state index in [1.807, 2.05) is 43.3 Å². The monoisotopic (exact) mass is 282 g/mol. The van der Waals surface area contributed by atoms with Gasteiger partial charge in [-0.25, -0.2) is 9.59 Å². The second kappa shape index (κ2) is 6.52. The van der Waals surface area contributed by atoms with Gasteiger partial charge in [0.05, 0.1) is 5.56 Å². The topological polar surface area (TPSA) is 55.9 Å². The highest BCUT2D eigenvalue weighted by molar-refractivity contribution is 5.99. The number of cyclic esters (lactones) is 1. The van der Waals surface area contributed by atoms with Gasteiger partial charge in [-0.15, -0.1) is 0 Å². The first kappa shape index (κ1) is 14.5. The van der Waals surface area contributed by atoms with Gasteiger partial charge in [0.1, 0.15) is 5.75 Å². The lowest BCUT2D eigenvalue weighted by atomic mass is 10.1. The Bertz CT molecular complexity index is 662. The molecule has 21 heavy (non-hydrogen) atoms. The van der Waals surface area contributed by atoms with Gasteiger partial charge in [0, 0.05) is 0 Å². The summed E-state index contributed by atoms with van der Waals surface area (Å²) < 4.78 is 9.30. The number of aryl methyl sites for hydroxylation is 1. The summed E-state index contributed by atoms with van der Waals surface area (Å²) in [7, 11) is 0. The van der Waals surface area contributed by atoms with Crippen molar-refractivity contribution in [2.45, 2.75) is 6.92 Å². The molecule has 1 aliphatic heterocycles. The zero-order valence-corrected chi connectivity index (χ0v) is 11.5. The molecule has 0 bridgehead atoms. The van der Waals surface area contributed by atoms with Crippen molar-refractivity contribution in [1.29, 1.82) is 0 Å². The van der Waals surface area contributed by atoms with Crippen LogP contribution in [-0.4, -0.2) is 11.9 Å². The highest BCUT2D eigenvalue weighted by Crippen LogP contribution is 2.12. The lowest BCUT2D eigenvalue weighted by Gasteiger charge is -2.04. The summed E-state index contributed by atoms with van der Waals surface area (Å²) in [5.41, 5.74) is 1.62. The molecular formula is C17H14O4. The van der Waals surface area contributed by atoms with Crippen molar-refractivity contribution < 1.29 is 19.1 Å². The Kier molecular flexibility index (Phi) is 4.51. The van der Waals surface area contributed by atoms with Crippen molar-refractivity contribution in [2.24, 2.45) is 0 Å². The summed E-state index contributed by atoms with van der Waals surface area (Å²) in [6, 6.07) is 16.4. The Labute approximate surface area is 122 Å². The predicted octanol–water partition coefficient (Wildman–Crippen LogP) is 3.27. The van der Waals surface area contributed by atoms with Crippen LogP contribution in [0.5, 0.6) is 5.75 Å². The van der Waals surface area contributed by atoms with Crippen LogP contribution in [0.1, 0.15) is 15.9 Å². The van der Waals surface area contributed by atoms with Crippen LogP contribution in [0.3, 0.4) is 0 Å². The van der Waals surface area contributed by atoms with E-state index in [0.717, 1.165) is 5.56 Å². The van der Waals surface area contributed by atoms with Crippen molar-refractivity contribution in [3.05, 3.63) is 78.1 Å². The molecule has 2 aromatic carbocycles. The number of ether oxygens (including phenoxy) is 2. The van der Waals surface area contributed by atoms with Crippen LogP contribution in [0.2, 0.25) is 0 Å². The van der Waals surface area contributed by atoms with Gasteiger partial charge in [-0.3, -0.25) is 0 Å². The zero-order chi connectivity index (χ0) is 15.2. The summed E-state index contributed by atoms with van der Waals surface area (Å²) in [6.45, 7) is 5.12. The van der Waals surface area contributed by atoms with Crippen LogP contribution in [0.25, 0.3) is 0 Å². The number of carbonyl (C=O) groups is 2. The van der Waals surface area contributed by atoms with Gasteiger partial charge in [0.2, 0.25) is 5.76 Å². The first-order chi connectivity index (χ1) is 10.1. The molecule has 106 valence electrons. The van der Waals surface area contributed by atoms with E-state index in [0.29, 0.717) is 11.3 Å². The number of hydrogen-bond donors (Lipinski definition) is 0. The smallest absolute Gasteiger partial charge is 0.379 e. The quantitative estimate of drug-likeness (QED) is 0.367. The van der Waals surface area contributed by atoms with E-state index in [2.05, 4.69) is 11.3 Å². The highest BCUT2D eigenvalue weighted by atomic mass is 16.6. The van der Waals surface area contributed by atoms with Gasteiger partial charge in [-0.2, -0.15) is 0 Å². The minimum atomic E-state index is -0.324. The van der Waals surface area contributed by atoms with Gasteiger partial charge < -0.3 is 9.47 Å². The van der Waals surface area contributed by atoms with E-state index in [1.165, 1.54) is 0 Å². The lowest BCUT2D eigenvalue weighted by molar-refractivity contribution is -0.117. The molecule has 1 aliphatic rings. The van der Waals surface area contributed by atoms with Crippen molar-refractivity contribution in [3.8, 4) is 5.75 Å². The first-order valence-electron chi connectivity index (χ1n) is 6.31. The third-order valence-corrected chi connectivity index (χ3v) is 2.61. The van der Waals surface area contributed by atoms with Crippen LogP contribution >= 0.6 is 0 Å². The second-order valence-electron chi connectivity index (χ2n) is 4.38. The predicted molar refractivity (Wildman–Crippen MR) is 77.8 cm³/mol. The Morgan fingerprint density at radius 1 is 1.10 bits per heavy atom. The highest BCUT2D eigenvalue weighted by Gasteiger charge is 2.26. The van der Waals surface area contributed by atoms with Crippen molar-refractivity contribution in [2.75, 3.05) is 0 Å². The fourth-order valence-electron chi connectivity index (χ4n) is 1.51. The lowest BCUT2D eigenvalue weighted by Crippen LogP contribution is -2.08. The molecule has 4 nitrogen and oxygen atoms in total. The molecule has 0 aromatic heterocycles.